The summed E-state index contributed by atoms with van der Waals surface area (Å²) in [4.78, 5) is 29.3. The summed E-state index contributed by atoms with van der Waals surface area (Å²) in [7, 11) is 0. The fourth-order valence-corrected chi connectivity index (χ4v) is 6.30. The number of aryl methyl sites for hydroxylation is 1. The van der Waals surface area contributed by atoms with Gasteiger partial charge in [-0.1, -0.05) is 55.3 Å². The van der Waals surface area contributed by atoms with Gasteiger partial charge in [0.25, 0.3) is 11.8 Å². The van der Waals surface area contributed by atoms with E-state index in [2.05, 4.69) is 6.07 Å². The molecule has 2 amide bonds. The number of piperidine rings is 1. The number of carbonyl (C=O) groups excluding carboxylic acids is 2. The molecule has 3 saturated heterocycles. The van der Waals surface area contributed by atoms with Crippen molar-refractivity contribution < 1.29 is 14.3 Å². The summed E-state index contributed by atoms with van der Waals surface area (Å²) in [6.45, 7) is 0. The molecule has 4 fully saturated rings. The van der Waals surface area contributed by atoms with Crippen LogP contribution >= 0.6 is 0 Å². The normalized spacial score (nSPS) is 33.0. The number of ether oxygens (including phenoxy) is 1. The van der Waals surface area contributed by atoms with Crippen molar-refractivity contribution in [1.82, 2.24) is 0 Å². The lowest BCUT2D eigenvalue weighted by atomic mass is 9.55. The molecule has 3 aliphatic heterocycles. The van der Waals surface area contributed by atoms with Crippen LogP contribution in [-0.4, -0.2) is 17.4 Å². The van der Waals surface area contributed by atoms with Gasteiger partial charge in [0.15, 0.2) is 11.2 Å². The quantitative estimate of drug-likeness (QED) is 0.722. The smallest absolute Gasteiger partial charge is 0.271 e. The Morgan fingerprint density at radius 1 is 0.862 bits per heavy atom. The zero-order valence-corrected chi connectivity index (χ0v) is 16.5. The Labute approximate surface area is 170 Å². The van der Waals surface area contributed by atoms with E-state index in [1.807, 2.05) is 42.5 Å². The first-order valence-corrected chi connectivity index (χ1v) is 10.9. The summed E-state index contributed by atoms with van der Waals surface area (Å²) in [5.74, 6) is -0.382. The SMILES string of the molecule is O=C1N(c2cccc3c2CCCC3)C(=O)[C@@]2(c3ccccc3)O[C@@]13CCCC[C@@H]32. The molecule has 0 radical (unpaired) electrons. The summed E-state index contributed by atoms with van der Waals surface area (Å²) in [6.07, 6.45) is 7.83. The van der Waals surface area contributed by atoms with Crippen molar-refractivity contribution in [3.8, 4) is 0 Å². The molecule has 7 rings (SSSR count). The van der Waals surface area contributed by atoms with Crippen molar-refractivity contribution in [2.75, 3.05) is 4.90 Å². The molecular weight excluding hydrogens is 362 g/mol. The molecule has 148 valence electrons. The number of carbonyl (C=O) groups is 2. The van der Waals surface area contributed by atoms with Gasteiger partial charge in [-0.15, -0.1) is 0 Å². The molecule has 1 saturated carbocycles. The minimum atomic E-state index is -1.02. The van der Waals surface area contributed by atoms with E-state index in [1.165, 1.54) is 22.4 Å². The molecule has 4 heteroatoms. The lowest BCUT2D eigenvalue weighted by molar-refractivity contribution is -0.320. The second-order valence-electron chi connectivity index (χ2n) is 8.96. The highest BCUT2D eigenvalue weighted by molar-refractivity contribution is 6.25. The second kappa shape index (κ2) is 6.02. The van der Waals surface area contributed by atoms with Crippen LogP contribution in [0.15, 0.2) is 48.5 Å². The Balaban J connectivity index is 1.53. The zero-order valence-electron chi connectivity index (χ0n) is 16.5. The van der Waals surface area contributed by atoms with Crippen LogP contribution in [0, 0.1) is 5.92 Å². The molecule has 3 atom stereocenters. The average Bonchev–Trinajstić information content (AvgIpc) is 2.75. The van der Waals surface area contributed by atoms with Gasteiger partial charge < -0.3 is 4.74 Å². The third kappa shape index (κ3) is 2.08. The van der Waals surface area contributed by atoms with Gasteiger partial charge in [-0.2, -0.15) is 0 Å². The monoisotopic (exact) mass is 387 g/mol. The predicted molar refractivity (Wildman–Crippen MR) is 109 cm³/mol. The highest BCUT2D eigenvalue weighted by Crippen LogP contribution is 2.64. The van der Waals surface area contributed by atoms with E-state index < -0.39 is 11.2 Å². The number of anilines is 1. The van der Waals surface area contributed by atoms with Crippen LogP contribution in [0.3, 0.4) is 0 Å². The molecule has 2 bridgehead atoms. The molecule has 29 heavy (non-hydrogen) atoms. The second-order valence-corrected chi connectivity index (χ2v) is 8.96. The molecule has 2 aromatic carbocycles. The number of morpholine rings is 1. The van der Waals surface area contributed by atoms with Gasteiger partial charge in [-0.25, -0.2) is 4.90 Å². The molecule has 0 aromatic heterocycles. The Bertz CT molecular complexity index is 1020. The number of hydrogen-bond acceptors (Lipinski definition) is 3. The summed E-state index contributed by atoms with van der Waals surface area (Å²) < 4.78 is 6.42. The van der Waals surface area contributed by atoms with E-state index in [0.717, 1.165) is 49.8 Å². The van der Waals surface area contributed by atoms with E-state index in [-0.39, 0.29) is 17.7 Å². The average molecular weight is 387 g/mol. The van der Waals surface area contributed by atoms with Gasteiger partial charge in [0.2, 0.25) is 0 Å². The van der Waals surface area contributed by atoms with E-state index >= 15 is 0 Å². The summed E-state index contributed by atoms with van der Waals surface area (Å²) in [6, 6.07) is 15.9. The maximum Gasteiger partial charge on any atom is 0.271 e. The van der Waals surface area contributed by atoms with Crippen LogP contribution in [0.2, 0.25) is 0 Å². The largest absolute Gasteiger partial charge is 0.343 e. The zero-order chi connectivity index (χ0) is 19.6. The van der Waals surface area contributed by atoms with Crippen molar-refractivity contribution in [2.24, 2.45) is 5.92 Å². The molecule has 0 N–H and O–H groups in total. The van der Waals surface area contributed by atoms with Gasteiger partial charge in [-0.05, 0) is 61.3 Å². The van der Waals surface area contributed by atoms with Gasteiger partial charge in [-0.3, -0.25) is 9.59 Å². The number of imide groups is 1. The predicted octanol–water partition coefficient (Wildman–Crippen LogP) is 4.29. The maximum atomic E-state index is 14.0. The minimum absolute atomic E-state index is 0.0538. The van der Waals surface area contributed by atoms with Crippen molar-refractivity contribution >= 4 is 17.5 Å². The summed E-state index contributed by atoms with van der Waals surface area (Å²) in [5.41, 5.74) is 2.28. The fourth-order valence-electron chi connectivity index (χ4n) is 6.30. The molecule has 5 aliphatic rings. The molecule has 0 unspecified atom stereocenters. The van der Waals surface area contributed by atoms with Crippen molar-refractivity contribution in [3.05, 3.63) is 65.2 Å². The van der Waals surface area contributed by atoms with Crippen molar-refractivity contribution in [3.63, 3.8) is 0 Å². The van der Waals surface area contributed by atoms with Gasteiger partial charge in [0, 0.05) is 5.92 Å². The fraction of sp³-hybridized carbons (Fsp3) is 0.440. The Morgan fingerprint density at radius 2 is 1.69 bits per heavy atom. The topological polar surface area (TPSA) is 46.6 Å². The highest BCUT2D eigenvalue weighted by Gasteiger charge is 2.78. The number of fused-ring (bicyclic) bond motifs is 3. The van der Waals surface area contributed by atoms with Crippen LogP contribution in [0.5, 0.6) is 0 Å². The Kier molecular flexibility index (Phi) is 3.61. The number of amides is 2. The first-order chi connectivity index (χ1) is 14.2. The summed E-state index contributed by atoms with van der Waals surface area (Å²) in [5, 5.41) is 0. The molecule has 2 aromatic rings. The first-order valence-electron chi connectivity index (χ1n) is 10.9. The number of rotatable bonds is 2. The molecule has 2 aliphatic carbocycles. The van der Waals surface area contributed by atoms with Crippen molar-refractivity contribution in [1.29, 1.82) is 0 Å². The molecule has 4 nitrogen and oxygen atoms in total. The van der Waals surface area contributed by atoms with Crippen LogP contribution in [0.4, 0.5) is 5.69 Å². The van der Waals surface area contributed by atoms with E-state index in [9.17, 15) is 9.59 Å². The number of hydrogen-bond donors (Lipinski definition) is 0. The third-order valence-electron chi connectivity index (χ3n) is 7.59. The van der Waals surface area contributed by atoms with E-state index in [4.69, 9.17) is 4.74 Å². The molecule has 3 heterocycles. The maximum absolute atomic E-state index is 14.0. The lowest BCUT2D eigenvalue weighted by Gasteiger charge is -2.67. The van der Waals surface area contributed by atoms with Crippen LogP contribution in [0.1, 0.15) is 55.2 Å². The minimum Gasteiger partial charge on any atom is -0.343 e. The third-order valence-corrected chi connectivity index (χ3v) is 7.59. The molecular formula is C25H25NO3. The van der Waals surface area contributed by atoms with Gasteiger partial charge >= 0.3 is 0 Å². The number of nitrogens with zero attached hydrogens (tertiary/aromatic N) is 1. The number of benzene rings is 2. The Hall–Kier alpha value is -2.46. The van der Waals surface area contributed by atoms with Gasteiger partial charge in [0.1, 0.15) is 0 Å². The Morgan fingerprint density at radius 3 is 2.55 bits per heavy atom. The van der Waals surface area contributed by atoms with E-state index in [0.29, 0.717) is 6.42 Å². The van der Waals surface area contributed by atoms with Crippen LogP contribution < -0.4 is 4.90 Å². The van der Waals surface area contributed by atoms with Crippen LogP contribution in [0.25, 0.3) is 0 Å². The first kappa shape index (κ1) is 17.4. The summed E-state index contributed by atoms with van der Waals surface area (Å²) >= 11 is 0. The molecule has 1 spiro atoms. The van der Waals surface area contributed by atoms with Gasteiger partial charge in [0.05, 0.1) is 5.69 Å². The lowest BCUT2D eigenvalue weighted by Crippen LogP contribution is -2.83. The van der Waals surface area contributed by atoms with E-state index in [1.54, 1.807) is 0 Å². The van der Waals surface area contributed by atoms with Crippen LogP contribution in [-0.2, 0) is 32.8 Å². The van der Waals surface area contributed by atoms with Crippen molar-refractivity contribution in [2.45, 2.75) is 62.6 Å². The highest BCUT2D eigenvalue weighted by atomic mass is 16.6. The standard InChI is InChI=1S/C25H25NO3/c27-22-24-16-7-6-15-21(24)25(29-24,18-11-2-1-3-12-18)23(28)26(22)20-14-8-10-17-9-4-5-13-19(17)20/h1-3,8,10-12,14,21H,4-7,9,13,15-16H2/t21-,24+,25-/m0/s1.